The van der Waals surface area contributed by atoms with E-state index in [-0.39, 0.29) is 5.43 Å². The maximum absolute atomic E-state index is 12.6. The van der Waals surface area contributed by atoms with Gasteiger partial charge in [0, 0.05) is 5.56 Å². The zero-order valence-electron chi connectivity index (χ0n) is 15.1. The molecule has 5 nitrogen and oxygen atoms in total. The van der Waals surface area contributed by atoms with Crippen molar-refractivity contribution in [2.75, 3.05) is 21.3 Å². The van der Waals surface area contributed by atoms with Crippen molar-refractivity contribution in [2.45, 2.75) is 6.92 Å². The predicted octanol–water partition coefficient (Wildman–Crippen LogP) is 4.10. The number of fused-ring (bicyclic) bond motifs is 1. The summed E-state index contributed by atoms with van der Waals surface area (Å²) in [5.41, 5.74) is 1.70. The van der Waals surface area contributed by atoms with Gasteiger partial charge in [-0.05, 0) is 42.8 Å². The lowest BCUT2D eigenvalue weighted by Crippen LogP contribution is -2.07. The monoisotopic (exact) mass is 351 g/mol. The maximum atomic E-state index is 12.6. The van der Waals surface area contributed by atoms with Gasteiger partial charge in [0.25, 0.3) is 0 Å². The van der Waals surface area contributed by atoms with Crippen molar-refractivity contribution in [1.29, 1.82) is 0 Å². The summed E-state index contributed by atoms with van der Waals surface area (Å²) in [6, 6.07) is 11.9. The van der Waals surface area contributed by atoms with Gasteiger partial charge >= 0.3 is 0 Å². The molecule has 0 unspecified atom stereocenters. The summed E-state index contributed by atoms with van der Waals surface area (Å²) in [7, 11) is 4.72. The molecular weight excluding hydrogens is 332 g/mol. The van der Waals surface area contributed by atoms with Crippen molar-refractivity contribution in [3.63, 3.8) is 0 Å². The molecule has 0 spiro atoms. The Hall–Kier alpha value is -3.21. The fraction of sp³-hybridized carbons (Fsp3) is 0.190. The number of hydrogen-bond donors (Lipinski definition) is 0. The first-order valence-corrected chi connectivity index (χ1v) is 8.01. The zero-order valence-corrected chi connectivity index (χ0v) is 15.1. The van der Waals surface area contributed by atoms with Crippen molar-refractivity contribution in [3.8, 4) is 17.2 Å². The maximum Gasteiger partial charge on any atom is 0.196 e. The second kappa shape index (κ2) is 7.35. The summed E-state index contributed by atoms with van der Waals surface area (Å²) in [5.74, 6) is 2.27. The van der Waals surface area contributed by atoms with Gasteiger partial charge in [0.05, 0.1) is 32.8 Å². The summed E-state index contributed by atoms with van der Waals surface area (Å²) < 4.78 is 21.5. The van der Waals surface area contributed by atoms with E-state index < -0.39 is 0 Å². The summed E-state index contributed by atoms with van der Waals surface area (Å²) >= 11 is 0. The van der Waals surface area contributed by atoms with Gasteiger partial charge in [0.2, 0.25) is 0 Å². The first-order valence-electron chi connectivity index (χ1n) is 8.01. The third kappa shape index (κ3) is 3.28. The highest BCUT2D eigenvalue weighted by atomic mass is 16.5. The fourth-order valence-electron chi connectivity index (χ4n) is 2.62. The van der Waals surface area contributed by atoms with Crippen LogP contribution in [0.2, 0.25) is 0 Å². The van der Waals surface area contributed by atoms with Crippen molar-refractivity contribution in [3.05, 3.63) is 63.5 Å². The molecule has 0 aliphatic heterocycles. The molecule has 1 heterocycles. The molecule has 0 amide bonds. The second-order valence-electron chi connectivity index (χ2n) is 5.64. The fourth-order valence-corrected chi connectivity index (χ4v) is 2.62. The number of hydrogen-bond acceptors (Lipinski definition) is 5. The molecular formula is C21H19O5. The quantitative estimate of drug-likeness (QED) is 0.693. The lowest BCUT2D eigenvalue weighted by Gasteiger charge is -2.08. The molecule has 133 valence electrons. The molecule has 0 fully saturated rings. The Labute approximate surface area is 151 Å². The molecule has 3 rings (SSSR count). The van der Waals surface area contributed by atoms with Crippen LogP contribution in [0, 0.1) is 13.0 Å². The second-order valence-corrected chi connectivity index (χ2v) is 5.64. The number of benzene rings is 2. The lowest BCUT2D eigenvalue weighted by molar-refractivity contribution is 0.355. The van der Waals surface area contributed by atoms with Crippen LogP contribution in [0.3, 0.4) is 0 Å². The first kappa shape index (κ1) is 17.6. The van der Waals surface area contributed by atoms with Gasteiger partial charge in [-0.25, -0.2) is 0 Å². The molecule has 1 aromatic heterocycles. The van der Waals surface area contributed by atoms with Gasteiger partial charge in [-0.2, -0.15) is 0 Å². The molecule has 1 radical (unpaired) electrons. The van der Waals surface area contributed by atoms with Crippen molar-refractivity contribution >= 4 is 23.1 Å². The van der Waals surface area contributed by atoms with Crippen LogP contribution in [-0.4, -0.2) is 21.3 Å². The number of ether oxygens (including phenoxy) is 3. The minimum Gasteiger partial charge on any atom is -0.496 e. The average Bonchev–Trinajstić information content (AvgIpc) is 2.68. The van der Waals surface area contributed by atoms with Crippen LogP contribution in [0.25, 0.3) is 23.1 Å². The molecule has 26 heavy (non-hydrogen) atoms. The van der Waals surface area contributed by atoms with Crippen LogP contribution in [0.1, 0.15) is 16.9 Å². The van der Waals surface area contributed by atoms with Gasteiger partial charge < -0.3 is 18.6 Å². The number of methoxy groups -OCH3 is 3. The highest BCUT2D eigenvalue weighted by Crippen LogP contribution is 2.28. The standard InChI is InChI=1S/C21H19O5/c1-13-17(9-5-14-6-10-18(24-3)20(11-14)25-4)26-19-12-15(23-2)7-8-16(19)21(13)22/h5-11H,1-4H3/b9-5+. The number of rotatable bonds is 5. The van der Waals surface area contributed by atoms with Crippen LogP contribution in [0.4, 0.5) is 0 Å². The molecule has 0 aliphatic rings. The topological polar surface area (TPSA) is 57.9 Å². The van der Waals surface area contributed by atoms with E-state index in [1.165, 1.54) is 0 Å². The van der Waals surface area contributed by atoms with E-state index in [1.807, 2.05) is 24.3 Å². The van der Waals surface area contributed by atoms with Gasteiger partial charge in [-0.3, -0.25) is 4.79 Å². The van der Waals surface area contributed by atoms with Crippen molar-refractivity contribution in [2.24, 2.45) is 0 Å². The van der Waals surface area contributed by atoms with E-state index >= 15 is 0 Å². The molecule has 2 aromatic carbocycles. The molecule has 0 saturated carbocycles. The molecule has 0 atom stereocenters. The first-order chi connectivity index (χ1) is 12.6. The summed E-state index contributed by atoms with van der Waals surface area (Å²) in [5, 5.41) is 0.478. The molecule has 3 aromatic rings. The Kier molecular flexibility index (Phi) is 4.98. The van der Waals surface area contributed by atoms with E-state index in [0.717, 1.165) is 5.56 Å². The van der Waals surface area contributed by atoms with Crippen molar-refractivity contribution < 1.29 is 18.6 Å². The Bertz CT molecular complexity index is 1030. The highest BCUT2D eigenvalue weighted by molar-refractivity contribution is 5.80. The predicted molar refractivity (Wildman–Crippen MR) is 101 cm³/mol. The summed E-state index contributed by atoms with van der Waals surface area (Å²) in [4.78, 5) is 12.6. The molecule has 0 bridgehead atoms. The van der Waals surface area contributed by atoms with Crippen LogP contribution >= 0.6 is 0 Å². The summed E-state index contributed by atoms with van der Waals surface area (Å²) in [6.45, 7) is 1.74. The molecule has 0 aliphatic carbocycles. The summed E-state index contributed by atoms with van der Waals surface area (Å²) in [6.07, 6.45) is 3.60. The average molecular weight is 351 g/mol. The Morgan fingerprint density at radius 3 is 2.42 bits per heavy atom. The highest BCUT2D eigenvalue weighted by Gasteiger charge is 2.10. The van der Waals surface area contributed by atoms with E-state index in [4.69, 9.17) is 18.6 Å². The molecule has 5 heteroatoms. The van der Waals surface area contributed by atoms with E-state index in [1.54, 1.807) is 46.5 Å². The van der Waals surface area contributed by atoms with Gasteiger partial charge in [0.1, 0.15) is 17.1 Å². The smallest absolute Gasteiger partial charge is 0.196 e. The van der Waals surface area contributed by atoms with Crippen LogP contribution in [0.5, 0.6) is 17.2 Å². The van der Waals surface area contributed by atoms with E-state index in [2.05, 4.69) is 6.07 Å². The minimum absolute atomic E-state index is 0.0860. The van der Waals surface area contributed by atoms with Crippen LogP contribution in [0.15, 0.2) is 39.5 Å². The van der Waals surface area contributed by atoms with E-state index in [0.29, 0.717) is 39.5 Å². The Balaban J connectivity index is 2.04. The Morgan fingerprint density at radius 1 is 0.962 bits per heavy atom. The lowest BCUT2D eigenvalue weighted by atomic mass is 10.1. The largest absolute Gasteiger partial charge is 0.496 e. The normalized spacial score (nSPS) is 11.1. The third-order valence-corrected chi connectivity index (χ3v) is 4.10. The van der Waals surface area contributed by atoms with Gasteiger partial charge in [-0.15, -0.1) is 0 Å². The van der Waals surface area contributed by atoms with Crippen LogP contribution < -0.4 is 19.6 Å². The van der Waals surface area contributed by atoms with Crippen LogP contribution in [-0.2, 0) is 0 Å². The molecule has 0 saturated heterocycles. The minimum atomic E-state index is -0.0860. The zero-order chi connectivity index (χ0) is 18.7. The Morgan fingerprint density at radius 2 is 1.73 bits per heavy atom. The van der Waals surface area contributed by atoms with Gasteiger partial charge in [0.15, 0.2) is 16.9 Å². The van der Waals surface area contributed by atoms with Gasteiger partial charge in [-0.1, -0.05) is 12.1 Å². The SMILES string of the molecule is COc1[c]c2oc(/C=C/c3ccc(OC)c(OC)c3)c(C)c(=O)c2cc1. The third-order valence-electron chi connectivity index (χ3n) is 4.10. The van der Waals surface area contributed by atoms with E-state index in [9.17, 15) is 4.79 Å². The van der Waals surface area contributed by atoms with Crippen molar-refractivity contribution in [1.82, 2.24) is 0 Å². The molecule has 0 N–H and O–H groups in total.